The lowest BCUT2D eigenvalue weighted by Crippen LogP contribution is -2.59. The summed E-state index contributed by atoms with van der Waals surface area (Å²) in [6.07, 6.45) is 1.24. The summed E-state index contributed by atoms with van der Waals surface area (Å²) in [4.78, 5) is 7.78. The van der Waals surface area contributed by atoms with E-state index in [1.165, 1.54) is 19.5 Å². The molecule has 5 heteroatoms. The first kappa shape index (κ1) is 15.8. The maximum absolute atomic E-state index is 5.82. The molecule has 0 aromatic rings. The zero-order valence-corrected chi connectivity index (χ0v) is 13.1. The minimum atomic E-state index is -0.148. The molecule has 4 nitrogen and oxygen atoms in total. The van der Waals surface area contributed by atoms with Gasteiger partial charge in [0.05, 0.1) is 10.5 Å². The van der Waals surface area contributed by atoms with Crippen molar-refractivity contribution in [1.29, 1.82) is 0 Å². The van der Waals surface area contributed by atoms with Crippen LogP contribution in [0.25, 0.3) is 0 Å². The Morgan fingerprint density at radius 3 is 2.22 bits per heavy atom. The number of nitrogens with zero attached hydrogens (tertiary/aromatic N) is 3. The number of hydrogen-bond acceptors (Lipinski definition) is 4. The molecule has 0 unspecified atom stereocenters. The summed E-state index contributed by atoms with van der Waals surface area (Å²) in [6, 6.07) is 0. The van der Waals surface area contributed by atoms with Gasteiger partial charge >= 0.3 is 0 Å². The third-order valence-electron chi connectivity index (χ3n) is 3.85. The topological polar surface area (TPSA) is 35.7 Å². The Labute approximate surface area is 117 Å². The highest BCUT2D eigenvalue weighted by Gasteiger charge is 2.31. The Morgan fingerprint density at radius 1 is 1.22 bits per heavy atom. The summed E-state index contributed by atoms with van der Waals surface area (Å²) in [7, 11) is 4.26. The van der Waals surface area contributed by atoms with Crippen molar-refractivity contribution in [2.45, 2.75) is 25.8 Å². The molecule has 1 heterocycles. The van der Waals surface area contributed by atoms with E-state index in [9.17, 15) is 0 Å². The quantitative estimate of drug-likeness (QED) is 0.717. The first-order chi connectivity index (χ1) is 8.34. The van der Waals surface area contributed by atoms with Crippen LogP contribution in [0.5, 0.6) is 0 Å². The Hall–Kier alpha value is -0.230. The summed E-state index contributed by atoms with van der Waals surface area (Å²) in [5.41, 5.74) is 5.67. The van der Waals surface area contributed by atoms with E-state index in [4.69, 9.17) is 18.0 Å². The molecule has 0 aliphatic carbocycles. The standard InChI is InChI=1S/C13H28N4S/c1-13(2,12(14)18)17-10-8-16(9-11-17)7-5-6-15(3)4/h5-11H2,1-4H3,(H2,14,18). The van der Waals surface area contributed by atoms with Gasteiger partial charge in [-0.3, -0.25) is 4.90 Å². The van der Waals surface area contributed by atoms with Gasteiger partial charge in [-0.1, -0.05) is 12.2 Å². The van der Waals surface area contributed by atoms with Crippen molar-refractivity contribution in [2.24, 2.45) is 5.73 Å². The fraction of sp³-hybridized carbons (Fsp3) is 0.923. The lowest BCUT2D eigenvalue weighted by molar-refractivity contribution is 0.0842. The second kappa shape index (κ2) is 6.80. The van der Waals surface area contributed by atoms with Gasteiger partial charge in [0.1, 0.15) is 0 Å². The summed E-state index contributed by atoms with van der Waals surface area (Å²) >= 11 is 5.16. The minimum absolute atomic E-state index is 0.148. The van der Waals surface area contributed by atoms with Crippen molar-refractivity contribution < 1.29 is 0 Å². The van der Waals surface area contributed by atoms with Crippen LogP contribution in [0, 0.1) is 0 Å². The molecule has 0 spiro atoms. The number of hydrogen-bond donors (Lipinski definition) is 1. The average molecular weight is 272 g/mol. The van der Waals surface area contributed by atoms with Gasteiger partial charge in [0.15, 0.2) is 0 Å². The Bertz CT molecular complexity index is 270. The normalized spacial score (nSPS) is 19.4. The third kappa shape index (κ3) is 4.46. The van der Waals surface area contributed by atoms with Crippen LogP contribution in [0.4, 0.5) is 0 Å². The van der Waals surface area contributed by atoms with Crippen molar-refractivity contribution >= 4 is 17.2 Å². The zero-order chi connectivity index (χ0) is 13.8. The fourth-order valence-electron chi connectivity index (χ4n) is 2.30. The predicted molar refractivity (Wildman–Crippen MR) is 82.0 cm³/mol. The van der Waals surface area contributed by atoms with E-state index in [0.29, 0.717) is 4.99 Å². The lowest BCUT2D eigenvalue weighted by atomic mass is 10.0. The van der Waals surface area contributed by atoms with Crippen molar-refractivity contribution in [3.63, 3.8) is 0 Å². The molecular weight excluding hydrogens is 244 g/mol. The molecular formula is C13H28N4S. The van der Waals surface area contributed by atoms with Gasteiger partial charge in [-0.2, -0.15) is 0 Å². The Kier molecular flexibility index (Phi) is 5.98. The number of piperazine rings is 1. The molecule has 0 aromatic heterocycles. The van der Waals surface area contributed by atoms with Crippen molar-refractivity contribution in [3.8, 4) is 0 Å². The molecule has 0 saturated carbocycles. The van der Waals surface area contributed by atoms with E-state index in [-0.39, 0.29) is 5.54 Å². The zero-order valence-electron chi connectivity index (χ0n) is 12.3. The predicted octanol–water partition coefficient (Wildman–Crippen LogP) is 0.620. The lowest BCUT2D eigenvalue weighted by Gasteiger charge is -2.43. The molecule has 1 fully saturated rings. The highest BCUT2D eigenvalue weighted by molar-refractivity contribution is 7.80. The molecule has 0 aromatic carbocycles. The largest absolute Gasteiger partial charge is 0.392 e. The van der Waals surface area contributed by atoms with Crippen LogP contribution >= 0.6 is 12.2 Å². The molecule has 1 saturated heterocycles. The van der Waals surface area contributed by atoms with Crippen molar-refractivity contribution in [3.05, 3.63) is 0 Å². The maximum Gasteiger partial charge on any atom is 0.0928 e. The molecule has 106 valence electrons. The fourth-order valence-corrected chi connectivity index (χ4v) is 2.43. The third-order valence-corrected chi connectivity index (χ3v) is 4.35. The average Bonchev–Trinajstić information content (AvgIpc) is 2.29. The van der Waals surface area contributed by atoms with Crippen LogP contribution in [0.3, 0.4) is 0 Å². The van der Waals surface area contributed by atoms with Gasteiger partial charge in [-0.05, 0) is 47.5 Å². The number of nitrogens with two attached hydrogens (primary N) is 1. The minimum Gasteiger partial charge on any atom is -0.392 e. The molecule has 0 atom stereocenters. The van der Waals surface area contributed by atoms with Gasteiger partial charge in [-0.25, -0.2) is 0 Å². The molecule has 0 radical (unpaired) electrons. The van der Waals surface area contributed by atoms with E-state index in [2.05, 4.69) is 42.6 Å². The summed E-state index contributed by atoms with van der Waals surface area (Å²) in [5.74, 6) is 0. The van der Waals surface area contributed by atoms with E-state index < -0.39 is 0 Å². The molecule has 18 heavy (non-hydrogen) atoms. The number of thiocarbonyl (C=S) groups is 1. The number of rotatable bonds is 6. The Balaban J connectivity index is 2.30. The first-order valence-electron chi connectivity index (χ1n) is 6.76. The van der Waals surface area contributed by atoms with E-state index in [1.807, 2.05) is 0 Å². The van der Waals surface area contributed by atoms with Gasteiger partial charge in [-0.15, -0.1) is 0 Å². The van der Waals surface area contributed by atoms with E-state index >= 15 is 0 Å². The van der Waals surface area contributed by atoms with E-state index in [0.717, 1.165) is 26.2 Å². The van der Waals surface area contributed by atoms with Gasteiger partial charge in [0.25, 0.3) is 0 Å². The highest BCUT2D eigenvalue weighted by atomic mass is 32.1. The molecule has 2 N–H and O–H groups in total. The summed E-state index contributed by atoms with van der Waals surface area (Å²) in [6.45, 7) is 11.0. The van der Waals surface area contributed by atoms with Crippen LogP contribution in [0.2, 0.25) is 0 Å². The monoisotopic (exact) mass is 272 g/mol. The maximum atomic E-state index is 5.82. The SMILES string of the molecule is CN(C)CCCN1CCN(C(C)(C)C(N)=S)CC1. The van der Waals surface area contributed by atoms with Crippen LogP contribution in [0.15, 0.2) is 0 Å². The van der Waals surface area contributed by atoms with E-state index in [1.54, 1.807) is 0 Å². The van der Waals surface area contributed by atoms with Crippen LogP contribution in [0.1, 0.15) is 20.3 Å². The second-order valence-corrected chi connectivity index (χ2v) is 6.35. The molecule has 1 aliphatic heterocycles. The van der Waals surface area contributed by atoms with Gasteiger partial charge in [0.2, 0.25) is 0 Å². The smallest absolute Gasteiger partial charge is 0.0928 e. The van der Waals surface area contributed by atoms with Crippen molar-refractivity contribution in [2.75, 3.05) is 53.4 Å². The molecule has 1 rings (SSSR count). The summed E-state index contributed by atoms with van der Waals surface area (Å²) in [5, 5.41) is 0. The van der Waals surface area contributed by atoms with Crippen LogP contribution in [-0.2, 0) is 0 Å². The molecule has 1 aliphatic rings. The van der Waals surface area contributed by atoms with Gasteiger partial charge < -0.3 is 15.5 Å². The molecule has 0 amide bonds. The summed E-state index contributed by atoms with van der Waals surface area (Å²) < 4.78 is 0. The molecule has 0 bridgehead atoms. The van der Waals surface area contributed by atoms with Crippen molar-refractivity contribution in [1.82, 2.24) is 14.7 Å². The second-order valence-electron chi connectivity index (χ2n) is 5.91. The first-order valence-corrected chi connectivity index (χ1v) is 7.17. The van der Waals surface area contributed by atoms with Crippen LogP contribution in [-0.4, -0.2) is 78.6 Å². The highest BCUT2D eigenvalue weighted by Crippen LogP contribution is 2.17. The Morgan fingerprint density at radius 2 is 1.78 bits per heavy atom. The van der Waals surface area contributed by atoms with Gasteiger partial charge in [0, 0.05) is 26.2 Å². The van der Waals surface area contributed by atoms with Crippen LogP contribution < -0.4 is 5.73 Å².